The van der Waals surface area contributed by atoms with Gasteiger partial charge in [0.25, 0.3) is 0 Å². The number of nitrogens with zero attached hydrogens (tertiary/aromatic N) is 3. The van der Waals surface area contributed by atoms with Gasteiger partial charge in [-0.3, -0.25) is 9.36 Å². The summed E-state index contributed by atoms with van der Waals surface area (Å²) < 4.78 is 30.2. The van der Waals surface area contributed by atoms with Gasteiger partial charge in [0.2, 0.25) is 0 Å². The summed E-state index contributed by atoms with van der Waals surface area (Å²) in [4.78, 5) is 11.4. The van der Waals surface area contributed by atoms with Gasteiger partial charge in [-0.15, -0.1) is 5.10 Å². The Hall–Kier alpha value is -2.02. The van der Waals surface area contributed by atoms with Crippen molar-refractivity contribution in [1.29, 1.82) is 0 Å². The number of hydrogen-bond acceptors (Lipinski definition) is 7. The lowest BCUT2D eigenvalue weighted by Crippen LogP contribution is -2.27. The molecule has 0 radical (unpaired) electrons. The van der Waals surface area contributed by atoms with Crippen molar-refractivity contribution < 1.29 is 23.1 Å². The molecule has 142 valence electrons. The Morgan fingerprint density at radius 3 is 2.42 bits per heavy atom. The largest absolute Gasteiger partial charge is 0.460 e. The smallest absolute Gasteiger partial charge is 0.334 e. The van der Waals surface area contributed by atoms with Crippen LogP contribution in [0.15, 0.2) is 36.5 Å². The highest BCUT2D eigenvalue weighted by molar-refractivity contribution is 7.53. The lowest BCUT2D eigenvalue weighted by Gasteiger charge is -2.22. The molecule has 1 unspecified atom stereocenters. The molecule has 0 aliphatic carbocycles. The van der Waals surface area contributed by atoms with E-state index in [2.05, 4.69) is 10.3 Å². The van der Waals surface area contributed by atoms with E-state index in [-0.39, 0.29) is 25.9 Å². The zero-order valence-electron chi connectivity index (χ0n) is 15.2. The third kappa shape index (κ3) is 6.05. The summed E-state index contributed by atoms with van der Waals surface area (Å²) in [5.74, 6) is -0.474. The maximum atomic E-state index is 12.7. The van der Waals surface area contributed by atoms with Crippen LogP contribution in [0.25, 0.3) is 11.3 Å². The number of aromatic nitrogens is 3. The van der Waals surface area contributed by atoms with Crippen LogP contribution in [0.5, 0.6) is 0 Å². The minimum absolute atomic E-state index is 0.0468. The fourth-order valence-corrected chi connectivity index (χ4v) is 4.25. The fraction of sp³-hybridized carbons (Fsp3) is 0.471. The predicted molar refractivity (Wildman–Crippen MR) is 96.7 cm³/mol. The highest BCUT2D eigenvalue weighted by atomic mass is 31.2. The first-order valence-electron chi connectivity index (χ1n) is 8.46. The molecule has 1 atom stereocenters. The van der Waals surface area contributed by atoms with Crippen molar-refractivity contribution in [3.63, 3.8) is 0 Å². The summed E-state index contributed by atoms with van der Waals surface area (Å²) in [6.45, 7) is 5.45. The molecule has 26 heavy (non-hydrogen) atoms. The van der Waals surface area contributed by atoms with Gasteiger partial charge in [-0.2, -0.15) is 0 Å². The van der Waals surface area contributed by atoms with Crippen LogP contribution >= 0.6 is 7.60 Å². The summed E-state index contributed by atoms with van der Waals surface area (Å²) in [7, 11) is -3.36. The Labute approximate surface area is 153 Å². The van der Waals surface area contributed by atoms with Crippen molar-refractivity contribution in [2.75, 3.05) is 19.4 Å². The molecule has 2 aromatic rings. The molecule has 0 saturated heterocycles. The summed E-state index contributed by atoms with van der Waals surface area (Å²) in [6, 6.07) is 9.60. The Balaban J connectivity index is 2.14. The number of benzene rings is 1. The highest BCUT2D eigenvalue weighted by Crippen LogP contribution is 2.49. The van der Waals surface area contributed by atoms with Crippen molar-refractivity contribution in [2.45, 2.75) is 33.4 Å². The lowest BCUT2D eigenvalue weighted by molar-refractivity contribution is -0.146. The number of carbonyl (C=O) groups excluding carboxylic acids is 1. The number of esters is 1. The van der Waals surface area contributed by atoms with E-state index >= 15 is 0 Å². The van der Waals surface area contributed by atoms with E-state index in [1.807, 2.05) is 30.3 Å². The molecule has 2 rings (SSSR count). The van der Waals surface area contributed by atoms with Crippen molar-refractivity contribution in [1.82, 2.24) is 15.0 Å². The van der Waals surface area contributed by atoms with Gasteiger partial charge in [-0.25, -0.2) is 4.68 Å². The van der Waals surface area contributed by atoms with E-state index in [4.69, 9.17) is 13.8 Å². The highest BCUT2D eigenvalue weighted by Gasteiger charge is 2.31. The van der Waals surface area contributed by atoms with Crippen LogP contribution in [0.4, 0.5) is 0 Å². The first-order chi connectivity index (χ1) is 12.5. The molecular formula is C17H24N3O5P. The average Bonchev–Trinajstić information content (AvgIpc) is 3.03. The van der Waals surface area contributed by atoms with Gasteiger partial charge in [0, 0.05) is 12.5 Å². The van der Waals surface area contributed by atoms with Gasteiger partial charge in [0.05, 0.1) is 32.1 Å². The van der Waals surface area contributed by atoms with E-state index in [9.17, 15) is 9.36 Å². The number of ether oxygens (including phenoxy) is 1. The molecule has 0 fully saturated rings. The van der Waals surface area contributed by atoms with Gasteiger partial charge in [0.1, 0.15) is 11.8 Å². The topological polar surface area (TPSA) is 92.5 Å². The molecule has 0 aliphatic heterocycles. The number of rotatable bonds is 10. The molecule has 9 heteroatoms. The van der Waals surface area contributed by atoms with Gasteiger partial charge in [0.15, 0.2) is 0 Å². The molecule has 1 aromatic heterocycles. The molecule has 0 aliphatic rings. The summed E-state index contributed by atoms with van der Waals surface area (Å²) >= 11 is 0. The second-order valence-electron chi connectivity index (χ2n) is 5.55. The molecule has 0 N–H and O–H groups in total. The first-order valence-corrected chi connectivity index (χ1v) is 10.2. The van der Waals surface area contributed by atoms with Crippen molar-refractivity contribution >= 4 is 13.6 Å². The number of hydrogen-bond donors (Lipinski definition) is 0. The zero-order chi connectivity index (χ0) is 19.0. The second kappa shape index (κ2) is 9.62. The molecule has 0 amide bonds. The van der Waals surface area contributed by atoms with Crippen LogP contribution in [0, 0.1) is 0 Å². The lowest BCUT2D eigenvalue weighted by atomic mass is 10.2. The first kappa shape index (κ1) is 20.3. The van der Waals surface area contributed by atoms with E-state index in [0.29, 0.717) is 5.69 Å². The zero-order valence-corrected chi connectivity index (χ0v) is 16.1. The van der Waals surface area contributed by atoms with Crippen molar-refractivity contribution in [2.24, 2.45) is 0 Å². The molecule has 1 heterocycles. The third-order valence-corrected chi connectivity index (χ3v) is 5.57. The maximum absolute atomic E-state index is 12.7. The summed E-state index contributed by atoms with van der Waals surface area (Å²) in [6.07, 6.45) is 0.995. The molecule has 0 saturated carbocycles. The molecular weight excluding hydrogens is 357 g/mol. The third-order valence-electron chi connectivity index (χ3n) is 3.41. The normalized spacial score (nSPS) is 12.7. The Morgan fingerprint density at radius 2 is 1.85 bits per heavy atom. The van der Waals surface area contributed by atoms with Crippen LogP contribution in [0.3, 0.4) is 0 Å². The maximum Gasteiger partial charge on any atom is 0.334 e. The van der Waals surface area contributed by atoms with Gasteiger partial charge >= 0.3 is 13.6 Å². The Morgan fingerprint density at radius 1 is 1.19 bits per heavy atom. The Bertz CT molecular complexity index is 740. The van der Waals surface area contributed by atoms with Crippen LogP contribution in [0.2, 0.25) is 0 Å². The van der Waals surface area contributed by atoms with Crippen LogP contribution < -0.4 is 0 Å². The molecule has 0 bridgehead atoms. The van der Waals surface area contributed by atoms with E-state index in [0.717, 1.165) is 5.56 Å². The van der Waals surface area contributed by atoms with E-state index in [1.54, 1.807) is 24.7 Å². The molecule has 1 aromatic carbocycles. The van der Waals surface area contributed by atoms with Crippen LogP contribution in [0.1, 0.15) is 20.8 Å². The van der Waals surface area contributed by atoms with Crippen LogP contribution in [-0.4, -0.2) is 46.4 Å². The minimum Gasteiger partial charge on any atom is -0.460 e. The van der Waals surface area contributed by atoms with Crippen LogP contribution in [-0.2, 0) is 29.7 Å². The standard InChI is InChI=1S/C17H24N3O5P/c1-4-23-26(22,24-5-2)13-16(25-14(3)21)11-20-12-17(18-19-20)15-9-7-6-8-10-15/h6-10,12,16H,4-5,11,13H2,1-3H3. The SMILES string of the molecule is CCOP(=O)(CC(Cn1cc(-c2ccccc2)nn1)OC(C)=O)OCC. The minimum atomic E-state index is -3.36. The predicted octanol–water partition coefficient (Wildman–Crippen LogP) is 3.14. The van der Waals surface area contributed by atoms with E-state index < -0.39 is 19.7 Å². The summed E-state index contributed by atoms with van der Waals surface area (Å²) in [5.41, 5.74) is 1.63. The molecule has 8 nitrogen and oxygen atoms in total. The Kier molecular flexibility index (Phi) is 7.50. The second-order valence-corrected chi connectivity index (χ2v) is 7.66. The monoisotopic (exact) mass is 381 g/mol. The summed E-state index contributed by atoms with van der Waals surface area (Å²) in [5, 5.41) is 8.19. The quantitative estimate of drug-likeness (QED) is 0.461. The van der Waals surface area contributed by atoms with Gasteiger partial charge in [-0.1, -0.05) is 35.5 Å². The van der Waals surface area contributed by atoms with Gasteiger partial charge in [-0.05, 0) is 13.8 Å². The van der Waals surface area contributed by atoms with Crippen molar-refractivity contribution in [3.05, 3.63) is 36.5 Å². The molecule has 0 spiro atoms. The van der Waals surface area contributed by atoms with Crippen molar-refractivity contribution in [3.8, 4) is 11.3 Å². The van der Waals surface area contributed by atoms with E-state index in [1.165, 1.54) is 6.92 Å². The fourth-order valence-electron chi connectivity index (χ4n) is 2.49. The van der Waals surface area contributed by atoms with Gasteiger partial charge < -0.3 is 13.8 Å². The number of carbonyl (C=O) groups is 1. The average molecular weight is 381 g/mol.